The number of urea groups is 1. The monoisotopic (exact) mass is 293 g/mol. The average molecular weight is 293 g/mol. The fraction of sp³-hybridized carbons (Fsp3) is 0.533. The molecular formula is C15H23N3O3. The molecule has 21 heavy (non-hydrogen) atoms. The summed E-state index contributed by atoms with van der Waals surface area (Å²) >= 11 is 0. The molecule has 1 aromatic rings. The maximum Gasteiger partial charge on any atom is 0.319 e. The van der Waals surface area contributed by atoms with E-state index in [4.69, 9.17) is 5.11 Å². The first kappa shape index (κ1) is 16.9. The summed E-state index contributed by atoms with van der Waals surface area (Å²) in [4.78, 5) is 26.9. The van der Waals surface area contributed by atoms with Crippen molar-refractivity contribution in [1.29, 1.82) is 0 Å². The van der Waals surface area contributed by atoms with Crippen LogP contribution in [0.15, 0.2) is 18.3 Å². The number of nitrogens with zero attached hydrogens (tertiary/aromatic N) is 1. The lowest BCUT2D eigenvalue weighted by Crippen LogP contribution is -2.41. The third kappa shape index (κ3) is 7.29. The normalized spacial score (nSPS) is 12.6. The van der Waals surface area contributed by atoms with Gasteiger partial charge in [0, 0.05) is 11.7 Å². The maximum atomic E-state index is 11.9. The number of carbonyl (C=O) groups is 2. The molecule has 6 heteroatoms. The molecule has 0 aromatic carbocycles. The fourth-order valence-corrected chi connectivity index (χ4v) is 2.02. The summed E-state index contributed by atoms with van der Waals surface area (Å²) in [7, 11) is 0. The number of aryl methyl sites for hydroxylation is 1. The highest BCUT2D eigenvalue weighted by atomic mass is 16.4. The minimum atomic E-state index is -0.929. The van der Waals surface area contributed by atoms with E-state index in [0.717, 1.165) is 5.69 Å². The van der Waals surface area contributed by atoms with E-state index in [1.54, 1.807) is 18.3 Å². The average Bonchev–Trinajstić information content (AvgIpc) is 2.28. The van der Waals surface area contributed by atoms with Crippen LogP contribution in [0.5, 0.6) is 0 Å². The van der Waals surface area contributed by atoms with Crippen LogP contribution in [0.1, 0.15) is 39.3 Å². The van der Waals surface area contributed by atoms with Crippen molar-refractivity contribution >= 4 is 17.7 Å². The maximum absolute atomic E-state index is 11.9. The van der Waals surface area contributed by atoms with E-state index in [1.807, 2.05) is 27.7 Å². The third-order valence-corrected chi connectivity index (χ3v) is 2.78. The number of nitrogens with one attached hydrogen (secondary N) is 2. The molecule has 1 heterocycles. The predicted molar refractivity (Wildman–Crippen MR) is 81.2 cm³/mol. The molecule has 2 amide bonds. The van der Waals surface area contributed by atoms with Crippen LogP contribution in [0.3, 0.4) is 0 Å². The lowest BCUT2D eigenvalue weighted by molar-refractivity contribution is -0.137. The molecule has 0 aliphatic carbocycles. The largest absolute Gasteiger partial charge is 0.481 e. The first-order valence-electron chi connectivity index (χ1n) is 6.88. The van der Waals surface area contributed by atoms with Crippen LogP contribution in [0.4, 0.5) is 10.5 Å². The number of aromatic nitrogens is 1. The second kappa shape index (κ2) is 7.06. The van der Waals surface area contributed by atoms with E-state index in [1.165, 1.54) is 0 Å². The van der Waals surface area contributed by atoms with Crippen molar-refractivity contribution in [2.45, 2.75) is 46.6 Å². The van der Waals surface area contributed by atoms with Crippen molar-refractivity contribution in [3.63, 3.8) is 0 Å². The van der Waals surface area contributed by atoms with Gasteiger partial charge in [0.2, 0.25) is 0 Å². The Morgan fingerprint density at radius 2 is 2.00 bits per heavy atom. The van der Waals surface area contributed by atoms with Crippen molar-refractivity contribution in [2.75, 3.05) is 5.32 Å². The zero-order chi connectivity index (χ0) is 16.0. The number of aliphatic carboxylic acids is 1. The minimum absolute atomic E-state index is 0.0706. The lowest BCUT2D eigenvalue weighted by Gasteiger charge is -2.25. The van der Waals surface area contributed by atoms with Crippen LogP contribution in [-0.4, -0.2) is 28.1 Å². The first-order valence-corrected chi connectivity index (χ1v) is 6.88. The summed E-state index contributed by atoms with van der Waals surface area (Å²) in [6.07, 6.45) is 2.04. The molecule has 0 fully saturated rings. The number of pyridine rings is 1. The van der Waals surface area contributed by atoms with Crippen LogP contribution in [0.25, 0.3) is 0 Å². The number of amides is 2. The number of carboxylic acid groups (broad SMARTS) is 1. The van der Waals surface area contributed by atoms with Gasteiger partial charge in [0.15, 0.2) is 0 Å². The van der Waals surface area contributed by atoms with Gasteiger partial charge in [0.25, 0.3) is 0 Å². The molecule has 0 spiro atoms. The standard InChI is InChI=1S/C15H23N3O3/c1-10-5-6-11(9-16-10)17-14(21)18-12(7-13(19)20)8-15(2,3)4/h5-6,9,12H,7-8H2,1-4H3,(H,19,20)(H2,17,18,21). The summed E-state index contributed by atoms with van der Waals surface area (Å²) in [6, 6.07) is 2.70. The molecule has 0 aliphatic rings. The minimum Gasteiger partial charge on any atom is -0.481 e. The summed E-state index contributed by atoms with van der Waals surface area (Å²) in [5.41, 5.74) is 1.36. The van der Waals surface area contributed by atoms with Gasteiger partial charge >= 0.3 is 12.0 Å². The Hall–Kier alpha value is -2.11. The van der Waals surface area contributed by atoms with E-state index < -0.39 is 18.0 Å². The molecule has 0 saturated heterocycles. The van der Waals surface area contributed by atoms with Crippen LogP contribution in [0, 0.1) is 12.3 Å². The highest BCUT2D eigenvalue weighted by Gasteiger charge is 2.22. The number of carboxylic acids is 1. The highest BCUT2D eigenvalue weighted by molar-refractivity contribution is 5.89. The van der Waals surface area contributed by atoms with E-state index in [-0.39, 0.29) is 11.8 Å². The van der Waals surface area contributed by atoms with Crippen molar-refractivity contribution < 1.29 is 14.7 Å². The molecule has 116 valence electrons. The van der Waals surface area contributed by atoms with Crippen molar-refractivity contribution in [3.05, 3.63) is 24.0 Å². The van der Waals surface area contributed by atoms with Gasteiger partial charge < -0.3 is 15.7 Å². The van der Waals surface area contributed by atoms with E-state index >= 15 is 0 Å². The topological polar surface area (TPSA) is 91.3 Å². The summed E-state index contributed by atoms with van der Waals surface area (Å²) in [5, 5.41) is 14.3. The van der Waals surface area contributed by atoms with Crippen molar-refractivity contribution in [1.82, 2.24) is 10.3 Å². The van der Waals surface area contributed by atoms with Gasteiger partial charge in [0.05, 0.1) is 18.3 Å². The molecule has 0 aliphatic heterocycles. The molecule has 1 aromatic heterocycles. The zero-order valence-electron chi connectivity index (χ0n) is 12.9. The SMILES string of the molecule is Cc1ccc(NC(=O)NC(CC(=O)O)CC(C)(C)C)cn1. The molecule has 0 saturated carbocycles. The third-order valence-electron chi connectivity index (χ3n) is 2.78. The number of hydrogen-bond donors (Lipinski definition) is 3. The quantitative estimate of drug-likeness (QED) is 0.778. The van der Waals surface area contributed by atoms with Crippen LogP contribution >= 0.6 is 0 Å². The molecule has 1 unspecified atom stereocenters. The predicted octanol–water partition coefficient (Wildman–Crippen LogP) is 2.79. The van der Waals surface area contributed by atoms with E-state index in [2.05, 4.69) is 15.6 Å². The zero-order valence-corrected chi connectivity index (χ0v) is 12.9. The second-order valence-corrected chi connectivity index (χ2v) is 6.35. The highest BCUT2D eigenvalue weighted by Crippen LogP contribution is 2.22. The molecule has 1 atom stereocenters. The van der Waals surface area contributed by atoms with Gasteiger partial charge in [-0.2, -0.15) is 0 Å². The van der Waals surface area contributed by atoms with Gasteiger partial charge in [-0.3, -0.25) is 9.78 Å². The Kier molecular flexibility index (Phi) is 5.69. The van der Waals surface area contributed by atoms with E-state index in [0.29, 0.717) is 12.1 Å². The summed E-state index contributed by atoms with van der Waals surface area (Å²) < 4.78 is 0. The van der Waals surface area contributed by atoms with Crippen LogP contribution in [0.2, 0.25) is 0 Å². The molecule has 6 nitrogen and oxygen atoms in total. The number of rotatable bonds is 5. The molecule has 0 radical (unpaired) electrons. The summed E-state index contributed by atoms with van der Waals surface area (Å²) in [5.74, 6) is -0.929. The number of carbonyl (C=O) groups excluding carboxylic acids is 1. The van der Waals surface area contributed by atoms with Crippen LogP contribution in [-0.2, 0) is 4.79 Å². The summed E-state index contributed by atoms with van der Waals surface area (Å²) in [6.45, 7) is 7.87. The molecule has 3 N–H and O–H groups in total. The Balaban J connectivity index is 2.62. The lowest BCUT2D eigenvalue weighted by atomic mass is 9.87. The van der Waals surface area contributed by atoms with Gasteiger partial charge in [-0.05, 0) is 30.9 Å². The number of hydrogen-bond acceptors (Lipinski definition) is 3. The Bertz CT molecular complexity index is 492. The first-order chi connectivity index (χ1) is 9.65. The molecule has 0 bridgehead atoms. The smallest absolute Gasteiger partial charge is 0.319 e. The van der Waals surface area contributed by atoms with Gasteiger partial charge in [-0.25, -0.2) is 4.79 Å². The van der Waals surface area contributed by atoms with Crippen LogP contribution < -0.4 is 10.6 Å². The molecular weight excluding hydrogens is 270 g/mol. The molecule has 1 rings (SSSR count). The second-order valence-electron chi connectivity index (χ2n) is 6.35. The Morgan fingerprint density at radius 3 is 2.48 bits per heavy atom. The van der Waals surface area contributed by atoms with Crippen molar-refractivity contribution in [2.24, 2.45) is 5.41 Å². The van der Waals surface area contributed by atoms with Gasteiger partial charge in [-0.15, -0.1) is 0 Å². The van der Waals surface area contributed by atoms with Crippen molar-refractivity contribution in [3.8, 4) is 0 Å². The Labute approximate surface area is 125 Å². The fourth-order valence-electron chi connectivity index (χ4n) is 2.02. The van der Waals surface area contributed by atoms with Gasteiger partial charge in [-0.1, -0.05) is 20.8 Å². The Morgan fingerprint density at radius 1 is 1.33 bits per heavy atom. The van der Waals surface area contributed by atoms with E-state index in [9.17, 15) is 9.59 Å². The van der Waals surface area contributed by atoms with Gasteiger partial charge in [0.1, 0.15) is 0 Å². The number of anilines is 1.